The third-order valence-electron chi connectivity index (χ3n) is 5.57. The van der Waals surface area contributed by atoms with Crippen LogP contribution in [-0.2, 0) is 0 Å². The number of nitrogens with zero attached hydrogens (tertiary/aromatic N) is 3. The number of benzene rings is 3. The van der Waals surface area contributed by atoms with E-state index in [0.29, 0.717) is 55.4 Å². The Morgan fingerprint density at radius 1 is 1.16 bits per heavy atom. The summed E-state index contributed by atoms with van der Waals surface area (Å²) in [4.78, 5) is 18.3. The molecule has 3 aromatic carbocycles. The van der Waals surface area contributed by atoms with Crippen LogP contribution in [0.15, 0.2) is 90.5 Å². The summed E-state index contributed by atoms with van der Waals surface area (Å²) in [6, 6.07) is 16.3. The number of para-hydroxylation sites is 1. The normalized spacial score (nSPS) is 11.5. The van der Waals surface area contributed by atoms with E-state index in [0.717, 1.165) is 9.86 Å². The number of halogens is 3. The minimum absolute atomic E-state index is 0.259. The maximum Gasteiger partial charge on any atom is 0.282 e. The Balaban J connectivity index is 1.68. The molecule has 0 aliphatic heterocycles. The maximum atomic E-state index is 13.6. The van der Waals surface area contributed by atoms with Crippen LogP contribution >= 0.6 is 43.5 Å². The fourth-order valence-corrected chi connectivity index (χ4v) is 4.91. The van der Waals surface area contributed by atoms with Crippen LogP contribution in [0.2, 0.25) is 5.02 Å². The zero-order valence-corrected chi connectivity index (χ0v) is 24.0. The molecule has 0 aliphatic rings. The number of rotatable bonds is 8. The summed E-state index contributed by atoms with van der Waals surface area (Å²) in [5.74, 6) is 1.49. The summed E-state index contributed by atoms with van der Waals surface area (Å²) in [6.45, 7) is 6.20. The Hall–Kier alpha value is -3.40. The molecule has 0 fully saturated rings. The van der Waals surface area contributed by atoms with Gasteiger partial charge < -0.3 is 13.9 Å². The van der Waals surface area contributed by atoms with E-state index >= 15 is 0 Å². The Morgan fingerprint density at radius 3 is 2.76 bits per heavy atom. The second kappa shape index (κ2) is 11.1. The fraction of sp³-hybridized carbons (Fsp3) is 0.107. The van der Waals surface area contributed by atoms with Gasteiger partial charge in [-0.2, -0.15) is 9.78 Å². The van der Waals surface area contributed by atoms with Gasteiger partial charge in [0.15, 0.2) is 17.3 Å². The van der Waals surface area contributed by atoms with Crippen LogP contribution in [0, 0.1) is 0 Å². The molecule has 5 rings (SSSR count). The highest BCUT2D eigenvalue weighted by Gasteiger charge is 2.19. The van der Waals surface area contributed by atoms with Gasteiger partial charge in [0, 0.05) is 19.9 Å². The summed E-state index contributed by atoms with van der Waals surface area (Å²) in [5, 5.41) is 6.13. The molecule has 7 nitrogen and oxygen atoms in total. The third-order valence-corrected chi connectivity index (χ3v) is 7.50. The molecule has 38 heavy (non-hydrogen) atoms. The monoisotopic (exact) mass is 655 g/mol. The number of ether oxygens (including phenoxy) is 2. The molecule has 0 saturated heterocycles. The zero-order valence-electron chi connectivity index (χ0n) is 20.1. The van der Waals surface area contributed by atoms with E-state index in [4.69, 9.17) is 30.5 Å². The van der Waals surface area contributed by atoms with Gasteiger partial charge in [0.25, 0.3) is 5.56 Å². The molecular formula is C28H20Br2ClN3O4. The fourth-order valence-electron chi connectivity index (χ4n) is 3.87. The first-order valence-electron chi connectivity index (χ1n) is 11.5. The average Bonchev–Trinajstić information content (AvgIpc) is 3.33. The van der Waals surface area contributed by atoms with Crippen molar-refractivity contribution >= 4 is 71.5 Å². The van der Waals surface area contributed by atoms with E-state index in [1.807, 2.05) is 37.3 Å². The molecule has 2 heterocycles. The maximum absolute atomic E-state index is 13.6. The van der Waals surface area contributed by atoms with E-state index in [2.05, 4.69) is 43.5 Å². The molecular weight excluding hydrogens is 638 g/mol. The highest BCUT2D eigenvalue weighted by atomic mass is 79.9. The lowest BCUT2D eigenvalue weighted by Gasteiger charge is -2.15. The van der Waals surface area contributed by atoms with E-state index in [1.165, 1.54) is 10.9 Å². The first kappa shape index (κ1) is 26.2. The van der Waals surface area contributed by atoms with E-state index in [9.17, 15) is 4.79 Å². The zero-order chi connectivity index (χ0) is 26.8. The Labute approximate surface area is 239 Å². The van der Waals surface area contributed by atoms with Crippen molar-refractivity contribution in [2.45, 2.75) is 6.92 Å². The first-order valence-corrected chi connectivity index (χ1v) is 13.5. The van der Waals surface area contributed by atoms with Gasteiger partial charge in [0.05, 0.1) is 23.7 Å². The Kier molecular flexibility index (Phi) is 7.69. The molecule has 0 saturated carbocycles. The van der Waals surface area contributed by atoms with Gasteiger partial charge in [-0.3, -0.25) is 4.79 Å². The number of aromatic nitrogens is 2. The molecule has 10 heteroatoms. The minimum Gasteiger partial charge on any atom is -0.490 e. The van der Waals surface area contributed by atoms with Crippen LogP contribution in [0.5, 0.6) is 11.5 Å². The lowest BCUT2D eigenvalue weighted by Crippen LogP contribution is -2.20. The van der Waals surface area contributed by atoms with Crippen LogP contribution in [0.1, 0.15) is 12.5 Å². The average molecular weight is 658 g/mol. The highest BCUT2D eigenvalue weighted by molar-refractivity contribution is 9.10. The molecule has 192 valence electrons. The van der Waals surface area contributed by atoms with Crippen molar-refractivity contribution in [3.8, 4) is 23.1 Å². The van der Waals surface area contributed by atoms with Crippen molar-refractivity contribution in [1.29, 1.82) is 0 Å². The van der Waals surface area contributed by atoms with Crippen LogP contribution in [0.3, 0.4) is 0 Å². The van der Waals surface area contributed by atoms with Gasteiger partial charge in [0.1, 0.15) is 17.2 Å². The molecule has 0 N–H and O–H groups in total. The lowest BCUT2D eigenvalue weighted by atomic mass is 10.2. The first-order chi connectivity index (χ1) is 18.4. The molecule has 5 aromatic rings. The summed E-state index contributed by atoms with van der Waals surface area (Å²) < 4.78 is 20.2. The topological polar surface area (TPSA) is 78.8 Å². The molecule has 0 atom stereocenters. The standard InChI is InChI=1S/C28H20Br2ClN3O4/c1-3-11-37-26-22(36-4-2)14-17(24(30)25(26)31)15-32-34-27(33-20-8-6-5-7-19(20)28(34)35)23-13-16-12-18(29)9-10-21(16)38-23/h3,5-10,12-15H,1,4,11H2,2H3. The predicted octanol–water partition coefficient (Wildman–Crippen LogP) is 7.83. The van der Waals surface area contributed by atoms with Gasteiger partial charge in [-0.15, -0.1) is 0 Å². The highest BCUT2D eigenvalue weighted by Crippen LogP contribution is 2.42. The van der Waals surface area contributed by atoms with Gasteiger partial charge in [0.2, 0.25) is 5.82 Å². The SMILES string of the molecule is C=CCOc1c(OCC)cc(C=Nn2c(-c3cc4cc(Br)ccc4o3)nc3ccccc3c2=O)c(Br)c1Cl. The van der Waals surface area contributed by atoms with Gasteiger partial charge in [-0.1, -0.05) is 52.3 Å². The second-order valence-electron chi connectivity index (χ2n) is 8.06. The lowest BCUT2D eigenvalue weighted by molar-refractivity contribution is 0.297. The predicted molar refractivity (Wildman–Crippen MR) is 158 cm³/mol. The molecule has 0 spiro atoms. The number of hydrogen-bond acceptors (Lipinski definition) is 6. The van der Waals surface area contributed by atoms with Gasteiger partial charge in [-0.25, -0.2) is 4.98 Å². The van der Waals surface area contributed by atoms with Crippen molar-refractivity contribution in [2.75, 3.05) is 13.2 Å². The van der Waals surface area contributed by atoms with Gasteiger partial charge in [-0.05, 0) is 65.3 Å². The molecule has 0 radical (unpaired) electrons. The molecule has 2 aromatic heterocycles. The van der Waals surface area contributed by atoms with Crippen LogP contribution in [0.25, 0.3) is 33.5 Å². The quantitative estimate of drug-likeness (QED) is 0.126. The number of furan rings is 1. The van der Waals surface area contributed by atoms with Crippen molar-refractivity contribution in [1.82, 2.24) is 9.66 Å². The molecule has 0 bridgehead atoms. The van der Waals surface area contributed by atoms with Crippen LogP contribution in [0.4, 0.5) is 0 Å². The summed E-state index contributed by atoms with van der Waals surface area (Å²) in [5.41, 5.74) is 1.42. The van der Waals surface area contributed by atoms with Crippen molar-refractivity contribution in [3.63, 3.8) is 0 Å². The third kappa shape index (κ3) is 5.01. The van der Waals surface area contributed by atoms with Crippen molar-refractivity contribution in [2.24, 2.45) is 5.10 Å². The number of fused-ring (bicyclic) bond motifs is 2. The smallest absolute Gasteiger partial charge is 0.282 e. The van der Waals surface area contributed by atoms with Crippen LogP contribution in [-0.4, -0.2) is 29.1 Å². The molecule has 0 unspecified atom stereocenters. The molecule has 0 aliphatic carbocycles. The van der Waals surface area contributed by atoms with Crippen molar-refractivity contribution in [3.05, 3.63) is 97.1 Å². The molecule has 0 amide bonds. The summed E-state index contributed by atoms with van der Waals surface area (Å²) in [7, 11) is 0. The van der Waals surface area contributed by atoms with E-state index < -0.39 is 0 Å². The second-order valence-corrected chi connectivity index (χ2v) is 10.1. The van der Waals surface area contributed by atoms with E-state index in [-0.39, 0.29) is 18.0 Å². The Bertz CT molecular complexity index is 1780. The van der Waals surface area contributed by atoms with E-state index in [1.54, 1.807) is 30.3 Å². The number of hydrogen-bond donors (Lipinski definition) is 0. The van der Waals surface area contributed by atoms with Gasteiger partial charge >= 0.3 is 0 Å². The summed E-state index contributed by atoms with van der Waals surface area (Å²) in [6.07, 6.45) is 3.13. The largest absolute Gasteiger partial charge is 0.490 e. The Morgan fingerprint density at radius 2 is 1.97 bits per heavy atom. The summed E-state index contributed by atoms with van der Waals surface area (Å²) >= 11 is 13.6. The van der Waals surface area contributed by atoms with Crippen LogP contribution < -0.4 is 15.0 Å². The van der Waals surface area contributed by atoms with Crippen molar-refractivity contribution < 1.29 is 13.9 Å². The minimum atomic E-state index is -0.346.